The lowest BCUT2D eigenvalue weighted by molar-refractivity contribution is -0.00000236. The van der Waals surface area contributed by atoms with Crippen LogP contribution in [0.2, 0.25) is 0 Å². The molecule has 1 aromatic heterocycles. The van der Waals surface area contributed by atoms with E-state index in [0.29, 0.717) is 5.92 Å². The van der Waals surface area contributed by atoms with Gasteiger partial charge in [-0.05, 0) is 31.7 Å². The maximum absolute atomic E-state index is 5.61. The molecule has 1 aliphatic carbocycles. The largest absolute Gasteiger partial charge is 1.00 e. The smallest absolute Gasteiger partial charge is 1.00 e. The van der Waals surface area contributed by atoms with Gasteiger partial charge < -0.3 is 18.1 Å². The van der Waals surface area contributed by atoms with E-state index in [-0.39, 0.29) is 13.8 Å². The van der Waals surface area contributed by atoms with Crippen molar-refractivity contribution in [2.45, 2.75) is 19.3 Å². The number of hydrogen-bond donors (Lipinski definition) is 1. The van der Waals surface area contributed by atoms with E-state index in [1.165, 1.54) is 17.0 Å². The molecule has 1 unspecified atom stereocenters. The van der Waals surface area contributed by atoms with Crippen molar-refractivity contribution in [2.75, 3.05) is 6.54 Å². The quantitative estimate of drug-likeness (QED) is 0.594. The molecular formula is C8H13ClN2S. The third-order valence-electron chi connectivity index (χ3n) is 2.32. The first-order valence-corrected chi connectivity index (χ1v) is 4.89. The Morgan fingerprint density at radius 3 is 3.33 bits per heavy atom. The van der Waals surface area contributed by atoms with E-state index in [2.05, 4.69) is 4.98 Å². The first-order valence-electron chi connectivity index (χ1n) is 4.01. The Morgan fingerprint density at radius 2 is 2.58 bits per heavy atom. The Morgan fingerprint density at radius 1 is 1.75 bits per heavy atom. The van der Waals surface area contributed by atoms with E-state index in [1.807, 2.05) is 5.51 Å². The van der Waals surface area contributed by atoms with Crippen molar-refractivity contribution in [2.24, 2.45) is 11.7 Å². The van der Waals surface area contributed by atoms with Gasteiger partial charge in [0.05, 0.1) is 11.2 Å². The van der Waals surface area contributed by atoms with Gasteiger partial charge in [0.15, 0.2) is 0 Å². The first kappa shape index (κ1) is 9.96. The second kappa shape index (κ2) is 4.21. The summed E-state index contributed by atoms with van der Waals surface area (Å²) in [4.78, 5) is 5.77. The van der Waals surface area contributed by atoms with Crippen molar-refractivity contribution < 1.29 is 13.8 Å². The molecule has 0 aromatic carbocycles. The maximum atomic E-state index is 5.61. The zero-order chi connectivity index (χ0) is 7.68. The van der Waals surface area contributed by atoms with Gasteiger partial charge in [-0.3, -0.25) is 0 Å². The maximum Gasteiger partial charge on any atom is 1.00 e. The summed E-state index contributed by atoms with van der Waals surface area (Å²) in [6, 6.07) is 0. The van der Waals surface area contributed by atoms with E-state index in [4.69, 9.17) is 5.73 Å². The predicted molar refractivity (Wildman–Crippen MR) is 47.8 cm³/mol. The number of hydrogen-bond acceptors (Lipinski definition) is 3. The molecule has 0 amide bonds. The molecule has 0 bridgehead atoms. The van der Waals surface area contributed by atoms with Gasteiger partial charge in [-0.15, -0.1) is 11.3 Å². The molecule has 1 aliphatic rings. The summed E-state index contributed by atoms with van der Waals surface area (Å²) in [5.41, 5.74) is 8.88. The molecule has 1 atom stereocenters. The summed E-state index contributed by atoms with van der Waals surface area (Å²) in [7, 11) is 0. The minimum Gasteiger partial charge on any atom is -1.00 e. The average molecular weight is 205 g/mol. The van der Waals surface area contributed by atoms with Crippen LogP contribution >= 0.6 is 11.3 Å². The van der Waals surface area contributed by atoms with Gasteiger partial charge in [-0.25, -0.2) is 4.98 Å². The minimum atomic E-state index is 0. The van der Waals surface area contributed by atoms with Crippen molar-refractivity contribution in [3.05, 3.63) is 16.1 Å². The molecule has 0 saturated heterocycles. The second-order valence-corrected chi connectivity index (χ2v) is 4.01. The lowest BCUT2D eigenvalue weighted by Crippen LogP contribution is -3.00. The van der Waals surface area contributed by atoms with Crippen molar-refractivity contribution in [1.82, 2.24) is 4.98 Å². The number of fused-ring (bicyclic) bond motifs is 1. The zero-order valence-corrected chi connectivity index (χ0v) is 8.37. The zero-order valence-electron chi connectivity index (χ0n) is 7.79. The third kappa shape index (κ3) is 1.79. The Bertz CT molecular complexity index is 254. The molecule has 0 saturated carbocycles. The number of rotatable bonds is 1. The van der Waals surface area contributed by atoms with Gasteiger partial charge >= 0.3 is 1.43 Å². The number of thiazole rings is 1. The highest BCUT2D eigenvalue weighted by Gasteiger charge is 2.18. The highest BCUT2D eigenvalue weighted by Crippen LogP contribution is 2.26. The number of aromatic nitrogens is 1. The van der Waals surface area contributed by atoms with Crippen LogP contribution in [0, 0.1) is 5.92 Å². The van der Waals surface area contributed by atoms with Gasteiger partial charge in [-0.1, -0.05) is 0 Å². The molecule has 0 aliphatic heterocycles. The lowest BCUT2D eigenvalue weighted by atomic mass is 9.91. The number of aryl methyl sites for hydroxylation is 1. The molecule has 1 aromatic rings. The lowest BCUT2D eigenvalue weighted by Gasteiger charge is -2.18. The van der Waals surface area contributed by atoms with Crippen LogP contribution in [0.25, 0.3) is 0 Å². The molecule has 2 rings (SSSR count). The van der Waals surface area contributed by atoms with Crippen LogP contribution in [0.15, 0.2) is 5.51 Å². The number of nitrogens with zero attached hydrogens (tertiary/aromatic N) is 1. The van der Waals surface area contributed by atoms with E-state index in [9.17, 15) is 0 Å². The molecule has 2 nitrogen and oxygen atoms in total. The fraction of sp³-hybridized carbons (Fsp3) is 0.625. The summed E-state index contributed by atoms with van der Waals surface area (Å²) in [6.45, 7) is 0.831. The Hall–Kier alpha value is -0.120. The van der Waals surface area contributed by atoms with Crippen molar-refractivity contribution >= 4 is 11.3 Å². The van der Waals surface area contributed by atoms with Crippen molar-refractivity contribution in [1.29, 1.82) is 0 Å². The fourth-order valence-corrected chi connectivity index (χ4v) is 2.50. The van der Waals surface area contributed by atoms with Crippen molar-refractivity contribution in [3.63, 3.8) is 0 Å². The third-order valence-corrected chi connectivity index (χ3v) is 3.22. The molecular weight excluding hydrogens is 192 g/mol. The standard InChI is InChI=1S/C8H12N2S.ClH/c9-4-6-1-2-7-8(3-6)11-5-10-7;/h5-6H,1-4,9H2;1H. The van der Waals surface area contributed by atoms with Crippen LogP contribution in [0.1, 0.15) is 18.4 Å². The topological polar surface area (TPSA) is 38.9 Å². The molecule has 4 heteroatoms. The highest BCUT2D eigenvalue weighted by molar-refractivity contribution is 7.09. The van der Waals surface area contributed by atoms with Gasteiger partial charge in [0.2, 0.25) is 0 Å². The fourth-order valence-electron chi connectivity index (χ4n) is 1.57. The predicted octanol–water partition coefficient (Wildman–Crippen LogP) is -1.68. The SMILES string of the molecule is NCC1CCc2ncsc2C1.[Cl-].[H+]. The Labute approximate surface area is 84.1 Å². The summed E-state index contributed by atoms with van der Waals surface area (Å²) in [5.74, 6) is 0.711. The summed E-state index contributed by atoms with van der Waals surface area (Å²) < 4.78 is 0. The Balaban J connectivity index is 0.000000720. The molecule has 68 valence electrons. The van der Waals surface area contributed by atoms with Crippen molar-refractivity contribution in [3.8, 4) is 0 Å². The number of nitrogens with two attached hydrogens (primary N) is 1. The molecule has 1 heterocycles. The van der Waals surface area contributed by atoms with E-state index in [0.717, 1.165) is 19.4 Å². The first-order chi connectivity index (χ1) is 5.40. The normalized spacial score (nSPS) is 21.2. The molecule has 0 spiro atoms. The van der Waals surface area contributed by atoms with E-state index in [1.54, 1.807) is 11.3 Å². The van der Waals surface area contributed by atoms with Crippen LogP contribution in [0.3, 0.4) is 0 Å². The monoisotopic (exact) mass is 204 g/mol. The summed E-state index contributed by atoms with van der Waals surface area (Å²) in [5, 5.41) is 0. The second-order valence-electron chi connectivity index (χ2n) is 3.07. The minimum absolute atomic E-state index is 0. The van der Waals surface area contributed by atoms with Gasteiger partial charge in [-0.2, -0.15) is 0 Å². The van der Waals surface area contributed by atoms with Gasteiger partial charge in [0.25, 0.3) is 0 Å². The average Bonchev–Trinajstić information content (AvgIpc) is 2.50. The molecule has 2 N–H and O–H groups in total. The highest BCUT2D eigenvalue weighted by atomic mass is 35.5. The van der Waals surface area contributed by atoms with Gasteiger partial charge in [0, 0.05) is 4.88 Å². The Kier molecular flexibility index (Phi) is 3.50. The van der Waals surface area contributed by atoms with E-state index >= 15 is 0 Å². The molecule has 12 heavy (non-hydrogen) atoms. The number of halogens is 1. The summed E-state index contributed by atoms with van der Waals surface area (Å²) >= 11 is 1.78. The summed E-state index contributed by atoms with van der Waals surface area (Å²) in [6.07, 6.45) is 3.53. The molecule has 0 fully saturated rings. The van der Waals surface area contributed by atoms with Crippen LogP contribution in [-0.2, 0) is 12.8 Å². The van der Waals surface area contributed by atoms with Crippen LogP contribution in [0.5, 0.6) is 0 Å². The molecule has 0 radical (unpaired) electrons. The van der Waals surface area contributed by atoms with Crippen LogP contribution in [-0.4, -0.2) is 11.5 Å². The van der Waals surface area contributed by atoms with E-state index < -0.39 is 0 Å². The van der Waals surface area contributed by atoms with Crippen LogP contribution < -0.4 is 18.1 Å². The van der Waals surface area contributed by atoms with Crippen LogP contribution in [0.4, 0.5) is 0 Å². The van der Waals surface area contributed by atoms with Gasteiger partial charge in [0.1, 0.15) is 0 Å².